The number of halogens is 1. The monoisotopic (exact) mass is 251 g/mol. The van der Waals surface area contributed by atoms with Crippen LogP contribution in [0.15, 0.2) is 30.3 Å². The summed E-state index contributed by atoms with van der Waals surface area (Å²) in [4.78, 5) is 0. The Hall–Kier alpha value is -1.48. The molecule has 0 atom stereocenters. The molecule has 0 radical (unpaired) electrons. The molecule has 1 aromatic carbocycles. The van der Waals surface area contributed by atoms with Crippen LogP contribution in [0.3, 0.4) is 0 Å². The van der Waals surface area contributed by atoms with Gasteiger partial charge in [-0.3, -0.25) is 5.10 Å². The highest BCUT2D eigenvalue weighted by Crippen LogP contribution is 2.21. The first-order valence-electron chi connectivity index (χ1n) is 5.55. The molecule has 3 nitrogen and oxygen atoms in total. The summed E-state index contributed by atoms with van der Waals surface area (Å²) in [5.41, 5.74) is 3.47. The molecule has 92 valence electrons. The molecule has 0 saturated heterocycles. The number of benzene rings is 1. The van der Waals surface area contributed by atoms with Crippen LogP contribution in [-0.4, -0.2) is 10.2 Å². The van der Waals surface area contributed by atoms with E-state index in [9.17, 15) is 0 Å². The maximum absolute atomic E-state index is 4.24. The van der Waals surface area contributed by atoms with Crippen molar-refractivity contribution in [1.29, 1.82) is 0 Å². The highest BCUT2D eigenvalue weighted by Gasteiger charge is 2.05. The van der Waals surface area contributed by atoms with E-state index in [1.165, 1.54) is 5.56 Å². The Morgan fingerprint density at radius 2 is 1.94 bits per heavy atom. The van der Waals surface area contributed by atoms with Gasteiger partial charge in [0.25, 0.3) is 0 Å². The molecule has 0 amide bonds. The Kier molecular flexibility index (Phi) is 4.58. The van der Waals surface area contributed by atoms with Crippen molar-refractivity contribution in [2.75, 3.05) is 5.32 Å². The van der Waals surface area contributed by atoms with E-state index in [0.717, 1.165) is 17.2 Å². The van der Waals surface area contributed by atoms with Crippen LogP contribution in [0.1, 0.15) is 31.0 Å². The minimum absolute atomic E-state index is 0. The van der Waals surface area contributed by atoms with E-state index >= 15 is 0 Å². The molecule has 1 aromatic heterocycles. The summed E-state index contributed by atoms with van der Waals surface area (Å²) in [6.45, 7) is 6.37. The average Bonchev–Trinajstić information content (AvgIpc) is 2.70. The number of aryl methyl sites for hydroxylation is 1. The van der Waals surface area contributed by atoms with Crippen LogP contribution in [-0.2, 0) is 0 Å². The summed E-state index contributed by atoms with van der Waals surface area (Å²) in [5.74, 6) is 1.35. The molecule has 2 aromatic rings. The van der Waals surface area contributed by atoms with Crippen LogP contribution in [0.25, 0.3) is 0 Å². The molecule has 0 aliphatic heterocycles. The number of H-pyrrole nitrogens is 1. The molecule has 0 spiro atoms. The van der Waals surface area contributed by atoms with Crippen molar-refractivity contribution in [3.8, 4) is 0 Å². The molecule has 2 rings (SSSR count). The third-order valence-corrected chi connectivity index (χ3v) is 2.63. The number of anilines is 2. The van der Waals surface area contributed by atoms with Crippen LogP contribution in [0, 0.1) is 6.92 Å². The number of rotatable bonds is 3. The van der Waals surface area contributed by atoms with Gasteiger partial charge < -0.3 is 5.32 Å². The molecular weight excluding hydrogens is 234 g/mol. The molecule has 0 aliphatic rings. The first kappa shape index (κ1) is 13.6. The van der Waals surface area contributed by atoms with E-state index in [2.05, 4.69) is 54.5 Å². The predicted octanol–water partition coefficient (Wildman–Crippen LogP) is 4.01. The maximum Gasteiger partial charge on any atom is 0.152 e. The molecule has 2 N–H and O–H groups in total. The number of hydrogen-bond donors (Lipinski definition) is 2. The van der Waals surface area contributed by atoms with Crippen molar-refractivity contribution in [1.82, 2.24) is 10.2 Å². The molecule has 0 bridgehead atoms. The first-order valence-corrected chi connectivity index (χ1v) is 5.55. The van der Waals surface area contributed by atoms with Gasteiger partial charge in [-0.25, -0.2) is 0 Å². The maximum atomic E-state index is 4.24. The molecular formula is C13H18ClN3. The zero-order valence-corrected chi connectivity index (χ0v) is 11.1. The van der Waals surface area contributed by atoms with Crippen molar-refractivity contribution in [2.24, 2.45) is 0 Å². The largest absolute Gasteiger partial charge is 0.339 e. The van der Waals surface area contributed by atoms with E-state index in [-0.39, 0.29) is 12.4 Å². The lowest BCUT2D eigenvalue weighted by Crippen LogP contribution is -1.92. The Balaban J connectivity index is 0.00000144. The van der Waals surface area contributed by atoms with E-state index in [1.54, 1.807) is 0 Å². The summed E-state index contributed by atoms with van der Waals surface area (Å²) in [6, 6.07) is 10.2. The van der Waals surface area contributed by atoms with Crippen LogP contribution in [0.4, 0.5) is 11.5 Å². The highest BCUT2D eigenvalue weighted by atomic mass is 35.5. The SMILES string of the molecule is Cc1ccccc1Nc1cc(C(C)C)[nH]n1.Cl. The van der Waals surface area contributed by atoms with Gasteiger partial charge in [0.05, 0.1) is 0 Å². The van der Waals surface area contributed by atoms with Crippen molar-refractivity contribution >= 4 is 23.9 Å². The lowest BCUT2D eigenvalue weighted by molar-refractivity contribution is 0.811. The zero-order valence-electron chi connectivity index (χ0n) is 10.3. The van der Waals surface area contributed by atoms with Crippen LogP contribution < -0.4 is 5.32 Å². The van der Waals surface area contributed by atoms with E-state index in [4.69, 9.17) is 0 Å². The van der Waals surface area contributed by atoms with Crippen molar-refractivity contribution in [3.63, 3.8) is 0 Å². The Labute approximate surface area is 108 Å². The molecule has 4 heteroatoms. The number of aromatic nitrogens is 2. The Bertz CT molecular complexity index is 477. The third-order valence-electron chi connectivity index (χ3n) is 2.63. The fraction of sp³-hybridized carbons (Fsp3) is 0.308. The molecule has 17 heavy (non-hydrogen) atoms. The number of aromatic amines is 1. The third kappa shape index (κ3) is 3.24. The fourth-order valence-electron chi connectivity index (χ4n) is 1.55. The van der Waals surface area contributed by atoms with Crippen molar-refractivity contribution in [3.05, 3.63) is 41.6 Å². The second kappa shape index (κ2) is 5.73. The standard InChI is InChI=1S/C13H17N3.ClH/c1-9(2)12-8-13(16-15-12)14-11-7-5-4-6-10(11)3;/h4-9H,1-3H3,(H2,14,15,16);1H. The van der Waals surface area contributed by atoms with Gasteiger partial charge >= 0.3 is 0 Å². The summed E-state index contributed by atoms with van der Waals surface area (Å²) in [6.07, 6.45) is 0. The van der Waals surface area contributed by atoms with Gasteiger partial charge in [-0.05, 0) is 24.5 Å². The second-order valence-corrected chi connectivity index (χ2v) is 4.30. The van der Waals surface area contributed by atoms with Gasteiger partial charge in [0, 0.05) is 17.4 Å². The normalized spacial score (nSPS) is 10.1. The molecule has 0 fully saturated rings. The molecule has 0 saturated carbocycles. The fourth-order valence-corrected chi connectivity index (χ4v) is 1.55. The molecule has 1 heterocycles. The molecule has 0 unspecified atom stereocenters. The van der Waals surface area contributed by atoms with Crippen LogP contribution >= 0.6 is 12.4 Å². The van der Waals surface area contributed by atoms with E-state index in [1.807, 2.05) is 12.1 Å². The summed E-state index contributed by atoms with van der Waals surface area (Å²) in [7, 11) is 0. The first-order chi connectivity index (χ1) is 7.66. The van der Waals surface area contributed by atoms with E-state index in [0.29, 0.717) is 5.92 Å². The highest BCUT2D eigenvalue weighted by molar-refractivity contribution is 5.85. The summed E-state index contributed by atoms with van der Waals surface area (Å²) in [5, 5.41) is 10.6. The van der Waals surface area contributed by atoms with Gasteiger partial charge in [-0.1, -0.05) is 32.0 Å². The quantitative estimate of drug-likeness (QED) is 0.866. The Morgan fingerprint density at radius 1 is 1.24 bits per heavy atom. The minimum Gasteiger partial charge on any atom is -0.339 e. The lowest BCUT2D eigenvalue weighted by atomic mass is 10.1. The van der Waals surface area contributed by atoms with Gasteiger partial charge in [0.15, 0.2) is 5.82 Å². The minimum atomic E-state index is 0. The van der Waals surface area contributed by atoms with E-state index < -0.39 is 0 Å². The summed E-state index contributed by atoms with van der Waals surface area (Å²) < 4.78 is 0. The topological polar surface area (TPSA) is 40.7 Å². The van der Waals surface area contributed by atoms with Crippen molar-refractivity contribution in [2.45, 2.75) is 26.7 Å². The van der Waals surface area contributed by atoms with Crippen molar-refractivity contribution < 1.29 is 0 Å². The number of nitrogens with one attached hydrogen (secondary N) is 2. The predicted molar refractivity (Wildman–Crippen MR) is 74.4 cm³/mol. The van der Waals surface area contributed by atoms with Crippen LogP contribution in [0.5, 0.6) is 0 Å². The average molecular weight is 252 g/mol. The van der Waals surface area contributed by atoms with Gasteiger partial charge in [0.2, 0.25) is 0 Å². The number of para-hydroxylation sites is 1. The number of nitrogens with zero attached hydrogens (tertiary/aromatic N) is 1. The lowest BCUT2D eigenvalue weighted by Gasteiger charge is -2.05. The van der Waals surface area contributed by atoms with Crippen LogP contribution in [0.2, 0.25) is 0 Å². The van der Waals surface area contributed by atoms with Gasteiger partial charge in [-0.2, -0.15) is 5.10 Å². The van der Waals surface area contributed by atoms with Gasteiger partial charge in [0.1, 0.15) is 0 Å². The smallest absolute Gasteiger partial charge is 0.152 e. The zero-order chi connectivity index (χ0) is 11.5. The Morgan fingerprint density at radius 3 is 2.53 bits per heavy atom. The second-order valence-electron chi connectivity index (χ2n) is 4.30. The van der Waals surface area contributed by atoms with Gasteiger partial charge in [-0.15, -0.1) is 12.4 Å². The molecule has 0 aliphatic carbocycles. The summed E-state index contributed by atoms with van der Waals surface area (Å²) >= 11 is 0. The number of hydrogen-bond acceptors (Lipinski definition) is 2.